The summed E-state index contributed by atoms with van der Waals surface area (Å²) in [5.41, 5.74) is 2.59. The lowest BCUT2D eigenvalue weighted by atomic mass is 9.97. The Labute approximate surface area is 171 Å². The summed E-state index contributed by atoms with van der Waals surface area (Å²) in [7, 11) is 0. The smallest absolute Gasteiger partial charge is 0.269 e. The molecule has 0 aliphatic heterocycles. The van der Waals surface area contributed by atoms with Gasteiger partial charge in [-0.05, 0) is 63.3 Å². The summed E-state index contributed by atoms with van der Waals surface area (Å²) >= 11 is 0. The number of anilines is 1. The van der Waals surface area contributed by atoms with E-state index in [2.05, 4.69) is 21.7 Å². The van der Waals surface area contributed by atoms with E-state index in [1.54, 1.807) is 18.2 Å². The molecule has 0 saturated carbocycles. The minimum atomic E-state index is -0.319. The van der Waals surface area contributed by atoms with Gasteiger partial charge in [0.25, 0.3) is 11.8 Å². The maximum atomic E-state index is 12.6. The lowest BCUT2D eigenvalue weighted by Gasteiger charge is -2.13. The van der Waals surface area contributed by atoms with Crippen LogP contribution in [0.1, 0.15) is 59.9 Å². The number of rotatable bonds is 8. The van der Waals surface area contributed by atoms with E-state index >= 15 is 0 Å². The summed E-state index contributed by atoms with van der Waals surface area (Å²) in [4.78, 5) is 29.2. The van der Waals surface area contributed by atoms with Gasteiger partial charge < -0.3 is 15.4 Å². The van der Waals surface area contributed by atoms with Crippen molar-refractivity contribution in [2.75, 3.05) is 18.5 Å². The first-order valence-corrected chi connectivity index (χ1v) is 10.1. The van der Waals surface area contributed by atoms with Crippen LogP contribution in [-0.4, -0.2) is 29.9 Å². The molecule has 2 aromatic rings. The minimum Gasteiger partial charge on any atom is -0.492 e. The Morgan fingerprint density at radius 1 is 1.14 bits per heavy atom. The number of hydrogen-bond donors (Lipinski definition) is 2. The van der Waals surface area contributed by atoms with Gasteiger partial charge in [0, 0.05) is 18.3 Å². The molecule has 0 saturated heterocycles. The molecule has 1 aromatic carbocycles. The maximum Gasteiger partial charge on any atom is 0.269 e. The topological polar surface area (TPSA) is 80.3 Å². The number of carbonyl (C=O) groups is 2. The molecule has 0 fully saturated rings. The molecule has 0 unspecified atom stereocenters. The van der Waals surface area contributed by atoms with E-state index in [0.717, 1.165) is 19.3 Å². The summed E-state index contributed by atoms with van der Waals surface area (Å²) in [5, 5.41) is 5.73. The van der Waals surface area contributed by atoms with Crippen LogP contribution in [0.2, 0.25) is 0 Å². The Morgan fingerprint density at radius 3 is 2.79 bits per heavy atom. The lowest BCUT2D eigenvalue weighted by molar-refractivity contribution is 0.0949. The summed E-state index contributed by atoms with van der Waals surface area (Å²) in [6.07, 6.45) is 9.34. The molecule has 6 nitrogen and oxygen atoms in total. The zero-order chi connectivity index (χ0) is 20.5. The number of benzene rings is 1. The van der Waals surface area contributed by atoms with E-state index in [0.29, 0.717) is 30.2 Å². The van der Waals surface area contributed by atoms with Crippen LogP contribution < -0.4 is 15.4 Å². The number of amides is 2. The quantitative estimate of drug-likeness (QED) is 0.653. The van der Waals surface area contributed by atoms with Gasteiger partial charge in [0.2, 0.25) is 0 Å². The highest BCUT2D eigenvalue weighted by Gasteiger charge is 2.14. The van der Waals surface area contributed by atoms with Crippen LogP contribution in [0, 0.1) is 0 Å². The fourth-order valence-electron chi connectivity index (χ4n) is 3.30. The predicted molar refractivity (Wildman–Crippen MR) is 113 cm³/mol. The molecule has 1 heterocycles. The van der Waals surface area contributed by atoms with Crippen molar-refractivity contribution in [3.63, 3.8) is 0 Å². The van der Waals surface area contributed by atoms with Crippen molar-refractivity contribution in [1.29, 1.82) is 0 Å². The molecule has 0 radical (unpaired) electrons. The zero-order valence-corrected chi connectivity index (χ0v) is 16.7. The highest BCUT2D eigenvalue weighted by atomic mass is 16.5. The Kier molecular flexibility index (Phi) is 7.39. The maximum absolute atomic E-state index is 12.6. The molecule has 29 heavy (non-hydrogen) atoms. The molecule has 0 bridgehead atoms. The molecule has 3 rings (SSSR count). The fraction of sp³-hybridized carbons (Fsp3) is 0.348. The van der Waals surface area contributed by atoms with Gasteiger partial charge in [-0.1, -0.05) is 23.8 Å². The van der Waals surface area contributed by atoms with Crippen LogP contribution >= 0.6 is 0 Å². The zero-order valence-electron chi connectivity index (χ0n) is 16.7. The number of carbonyl (C=O) groups excluding carboxylic acids is 2. The number of hydrogen-bond acceptors (Lipinski definition) is 4. The second kappa shape index (κ2) is 10.4. The third-order valence-electron chi connectivity index (χ3n) is 4.81. The second-order valence-electron chi connectivity index (χ2n) is 6.93. The van der Waals surface area contributed by atoms with E-state index in [9.17, 15) is 9.59 Å². The van der Waals surface area contributed by atoms with Crippen LogP contribution in [0.25, 0.3) is 0 Å². The summed E-state index contributed by atoms with van der Waals surface area (Å²) in [6, 6.07) is 10.3. The van der Waals surface area contributed by atoms with E-state index in [1.807, 2.05) is 19.1 Å². The Bertz CT molecular complexity index is 892. The molecule has 1 aliphatic rings. The van der Waals surface area contributed by atoms with Gasteiger partial charge in [0.15, 0.2) is 0 Å². The van der Waals surface area contributed by atoms with E-state index in [1.165, 1.54) is 30.7 Å². The average molecular weight is 393 g/mol. The monoisotopic (exact) mass is 393 g/mol. The van der Waals surface area contributed by atoms with E-state index < -0.39 is 0 Å². The summed E-state index contributed by atoms with van der Waals surface area (Å²) < 4.78 is 5.53. The first-order chi connectivity index (χ1) is 14.2. The first kappa shape index (κ1) is 20.6. The number of nitrogens with one attached hydrogen (secondary N) is 2. The van der Waals surface area contributed by atoms with Crippen LogP contribution in [0.3, 0.4) is 0 Å². The van der Waals surface area contributed by atoms with Gasteiger partial charge in [-0.15, -0.1) is 0 Å². The number of nitrogens with zero attached hydrogens (tertiary/aromatic N) is 1. The first-order valence-electron chi connectivity index (χ1n) is 10.1. The summed E-state index contributed by atoms with van der Waals surface area (Å²) in [6.45, 7) is 2.96. The van der Waals surface area contributed by atoms with Crippen molar-refractivity contribution in [1.82, 2.24) is 10.3 Å². The number of ether oxygens (including phenoxy) is 1. The molecule has 0 atom stereocenters. The minimum absolute atomic E-state index is 0.230. The number of allylic oxidation sites excluding steroid dienone is 1. The fourth-order valence-corrected chi connectivity index (χ4v) is 3.30. The van der Waals surface area contributed by atoms with Crippen molar-refractivity contribution >= 4 is 17.5 Å². The molecular formula is C23H27N3O3. The third kappa shape index (κ3) is 5.91. The highest BCUT2D eigenvalue weighted by molar-refractivity contribution is 6.06. The number of aromatic nitrogens is 1. The second-order valence-corrected chi connectivity index (χ2v) is 6.93. The average Bonchev–Trinajstić information content (AvgIpc) is 2.76. The Hall–Kier alpha value is -3.15. The molecule has 0 spiro atoms. The van der Waals surface area contributed by atoms with Crippen LogP contribution in [-0.2, 0) is 0 Å². The molecule has 1 aromatic heterocycles. The van der Waals surface area contributed by atoms with Crippen LogP contribution in [0.15, 0.2) is 54.2 Å². The molecule has 1 aliphatic carbocycles. The van der Waals surface area contributed by atoms with Gasteiger partial charge in [-0.2, -0.15) is 0 Å². The molecular weight excluding hydrogens is 366 g/mol. The van der Waals surface area contributed by atoms with Crippen molar-refractivity contribution < 1.29 is 14.3 Å². The summed E-state index contributed by atoms with van der Waals surface area (Å²) in [5.74, 6) is 0.0131. The third-order valence-corrected chi connectivity index (χ3v) is 4.81. The van der Waals surface area contributed by atoms with E-state index in [4.69, 9.17) is 4.74 Å². The predicted octanol–water partition coefficient (Wildman–Crippen LogP) is 4.35. The lowest BCUT2D eigenvalue weighted by Crippen LogP contribution is -2.26. The molecule has 2 N–H and O–H groups in total. The van der Waals surface area contributed by atoms with Crippen molar-refractivity contribution in [2.45, 2.75) is 39.0 Å². The van der Waals surface area contributed by atoms with Gasteiger partial charge in [-0.25, -0.2) is 0 Å². The van der Waals surface area contributed by atoms with Gasteiger partial charge in [0.1, 0.15) is 11.4 Å². The number of para-hydroxylation sites is 2. The van der Waals surface area contributed by atoms with Crippen LogP contribution in [0.4, 0.5) is 5.69 Å². The SMILES string of the molecule is CCOc1ccccc1NC(=O)c1ccnc(C(=O)NCCC2=CCCCC2)c1. The standard InChI is InChI=1S/C23H27N3O3/c1-2-29-21-11-7-6-10-19(21)26-22(27)18-13-15-24-20(16-18)23(28)25-14-12-17-8-4-3-5-9-17/h6-8,10-11,13,15-16H,2-5,9,12,14H2,1H3,(H,25,28)(H,26,27). The van der Waals surface area contributed by atoms with Crippen molar-refractivity contribution in [3.05, 3.63) is 65.5 Å². The van der Waals surface area contributed by atoms with Crippen molar-refractivity contribution in [2.24, 2.45) is 0 Å². The van der Waals surface area contributed by atoms with Gasteiger partial charge in [-0.3, -0.25) is 14.6 Å². The van der Waals surface area contributed by atoms with Crippen LogP contribution in [0.5, 0.6) is 5.75 Å². The van der Waals surface area contributed by atoms with E-state index in [-0.39, 0.29) is 17.5 Å². The molecule has 6 heteroatoms. The van der Waals surface area contributed by atoms with Crippen molar-refractivity contribution in [3.8, 4) is 5.75 Å². The van der Waals surface area contributed by atoms with Gasteiger partial charge in [0.05, 0.1) is 12.3 Å². The Balaban J connectivity index is 1.60. The normalized spacial score (nSPS) is 13.3. The number of pyridine rings is 1. The molecule has 152 valence electrons. The molecule has 2 amide bonds. The largest absolute Gasteiger partial charge is 0.492 e. The highest BCUT2D eigenvalue weighted by Crippen LogP contribution is 2.24. The van der Waals surface area contributed by atoms with Gasteiger partial charge >= 0.3 is 0 Å². The Morgan fingerprint density at radius 2 is 2.00 bits per heavy atom.